The molecule has 3 aromatic rings. The van der Waals surface area contributed by atoms with Crippen molar-refractivity contribution in [2.75, 3.05) is 38.7 Å². The van der Waals surface area contributed by atoms with Gasteiger partial charge in [-0.05, 0) is 47.0 Å². The Morgan fingerprint density at radius 2 is 1.66 bits per heavy atom. The zero-order valence-corrected chi connectivity index (χ0v) is 19.7. The summed E-state index contributed by atoms with van der Waals surface area (Å²) in [4.78, 5) is 3.02. The molecule has 0 aromatic heterocycles. The molecular formula is C27H25F4NO2S. The van der Waals surface area contributed by atoms with E-state index < -0.39 is 23.4 Å². The molecule has 0 amide bonds. The summed E-state index contributed by atoms with van der Waals surface area (Å²) in [5.41, 5.74) is 1.90. The van der Waals surface area contributed by atoms with Gasteiger partial charge in [0.2, 0.25) is 0 Å². The monoisotopic (exact) mass is 503 g/mol. The van der Waals surface area contributed by atoms with Gasteiger partial charge in [-0.1, -0.05) is 18.2 Å². The minimum atomic E-state index is -1.21. The predicted octanol–water partition coefficient (Wildman–Crippen LogP) is 6.11. The number of halogens is 4. The number of ether oxygens (including phenoxy) is 1. The fraction of sp³-hybridized carbons (Fsp3) is 0.333. The van der Waals surface area contributed by atoms with Crippen molar-refractivity contribution in [3.63, 3.8) is 0 Å². The molecule has 1 saturated heterocycles. The van der Waals surface area contributed by atoms with Gasteiger partial charge in [-0.2, -0.15) is 0 Å². The maximum atomic E-state index is 14.8. The van der Waals surface area contributed by atoms with Gasteiger partial charge in [0.1, 0.15) is 23.9 Å². The normalized spacial score (nSPS) is 20.3. The van der Waals surface area contributed by atoms with E-state index in [2.05, 4.69) is 4.90 Å². The van der Waals surface area contributed by atoms with Crippen LogP contribution in [-0.2, 0) is 0 Å². The summed E-state index contributed by atoms with van der Waals surface area (Å²) in [7, 11) is 0. The second-order valence-corrected chi connectivity index (χ2v) is 10.2. The predicted molar refractivity (Wildman–Crippen MR) is 128 cm³/mol. The Bertz CT molecular complexity index is 1200. The van der Waals surface area contributed by atoms with Gasteiger partial charge >= 0.3 is 0 Å². The molecule has 2 aliphatic heterocycles. The molecule has 1 fully saturated rings. The Hall–Kier alpha value is -2.71. The van der Waals surface area contributed by atoms with Crippen LogP contribution in [0.4, 0.5) is 17.6 Å². The standard InChI is InChI=1S/C27H25F4NO2S/c28-12-16-13-32(14-16)7-8-34-19-4-1-17(2-5-19)27-20-6-3-18(33)9-26(20)35-15-22(27)21-10-24(30)25(31)11-23(21)29/h1-6,9-11,16,22,27,33H,7-8,12-15H2/t22-,27-/m1/s1. The lowest BCUT2D eigenvalue weighted by Gasteiger charge is -2.37. The fourth-order valence-corrected chi connectivity index (χ4v) is 6.22. The van der Waals surface area contributed by atoms with Crippen LogP contribution in [0.25, 0.3) is 0 Å². The summed E-state index contributed by atoms with van der Waals surface area (Å²) >= 11 is 1.45. The van der Waals surface area contributed by atoms with E-state index in [1.807, 2.05) is 24.3 Å². The van der Waals surface area contributed by atoms with Gasteiger partial charge in [0.25, 0.3) is 0 Å². The maximum absolute atomic E-state index is 14.8. The summed E-state index contributed by atoms with van der Waals surface area (Å²) in [6.07, 6.45) is 0. The first kappa shape index (κ1) is 24.0. The van der Waals surface area contributed by atoms with Gasteiger partial charge in [-0.15, -0.1) is 11.8 Å². The third kappa shape index (κ3) is 5.00. The van der Waals surface area contributed by atoms with E-state index >= 15 is 0 Å². The molecule has 35 heavy (non-hydrogen) atoms. The Labute approximate surface area is 205 Å². The Morgan fingerprint density at radius 1 is 0.914 bits per heavy atom. The first-order valence-corrected chi connectivity index (χ1v) is 12.5. The number of likely N-dealkylation sites (tertiary alicyclic amines) is 1. The molecule has 0 unspecified atom stereocenters. The van der Waals surface area contributed by atoms with E-state index in [0.717, 1.165) is 41.7 Å². The number of phenolic OH excluding ortho intramolecular Hbond substituents is 1. The minimum Gasteiger partial charge on any atom is -0.508 e. The van der Waals surface area contributed by atoms with E-state index in [9.17, 15) is 22.7 Å². The largest absolute Gasteiger partial charge is 0.508 e. The lowest BCUT2D eigenvalue weighted by atomic mass is 9.77. The van der Waals surface area contributed by atoms with Crippen molar-refractivity contribution in [1.29, 1.82) is 0 Å². The molecule has 1 N–H and O–H groups in total. The molecule has 0 spiro atoms. The minimum absolute atomic E-state index is 0.126. The third-order valence-corrected chi connectivity index (χ3v) is 7.95. The quantitative estimate of drug-likeness (QED) is 0.312. The summed E-state index contributed by atoms with van der Waals surface area (Å²) in [5, 5.41) is 9.94. The number of phenols is 1. The molecular weight excluding hydrogens is 478 g/mol. The molecule has 8 heteroatoms. The highest BCUT2D eigenvalue weighted by Gasteiger charge is 2.35. The van der Waals surface area contributed by atoms with Gasteiger partial charge in [-0.3, -0.25) is 9.29 Å². The molecule has 5 rings (SSSR count). The van der Waals surface area contributed by atoms with Crippen molar-refractivity contribution in [3.8, 4) is 11.5 Å². The SMILES string of the molecule is Oc1ccc2c(c1)SC[C@H](c1cc(F)c(F)cc1F)[C@@H]2c1ccc(OCCN2CC(CF)C2)cc1. The van der Waals surface area contributed by atoms with Crippen LogP contribution in [0.15, 0.2) is 59.5 Å². The summed E-state index contributed by atoms with van der Waals surface area (Å²) in [6.45, 7) is 2.46. The fourth-order valence-electron chi connectivity index (χ4n) is 4.92. The van der Waals surface area contributed by atoms with Crippen molar-refractivity contribution in [2.24, 2.45) is 5.92 Å². The van der Waals surface area contributed by atoms with Crippen LogP contribution in [0.2, 0.25) is 0 Å². The van der Waals surface area contributed by atoms with E-state index in [0.29, 0.717) is 24.2 Å². The van der Waals surface area contributed by atoms with Crippen molar-refractivity contribution in [3.05, 3.63) is 88.7 Å². The van der Waals surface area contributed by atoms with Crippen LogP contribution >= 0.6 is 11.8 Å². The highest BCUT2D eigenvalue weighted by molar-refractivity contribution is 7.99. The van der Waals surface area contributed by atoms with Gasteiger partial charge in [-0.25, -0.2) is 13.2 Å². The number of alkyl halides is 1. The molecule has 3 aromatic carbocycles. The second kappa shape index (κ2) is 10.1. The molecule has 0 radical (unpaired) electrons. The van der Waals surface area contributed by atoms with Crippen molar-refractivity contribution < 1.29 is 27.4 Å². The van der Waals surface area contributed by atoms with Gasteiger partial charge in [0.15, 0.2) is 11.6 Å². The van der Waals surface area contributed by atoms with Crippen LogP contribution in [0.5, 0.6) is 11.5 Å². The van der Waals surface area contributed by atoms with Crippen molar-refractivity contribution >= 4 is 11.8 Å². The van der Waals surface area contributed by atoms with Gasteiger partial charge < -0.3 is 9.84 Å². The molecule has 0 aliphatic carbocycles. The summed E-state index contributed by atoms with van der Waals surface area (Å²) < 4.78 is 60.9. The van der Waals surface area contributed by atoms with Crippen LogP contribution in [0.3, 0.4) is 0 Å². The molecule has 2 aliphatic rings. The zero-order chi connectivity index (χ0) is 24.5. The maximum Gasteiger partial charge on any atom is 0.161 e. The first-order valence-electron chi connectivity index (χ1n) is 11.5. The van der Waals surface area contributed by atoms with Gasteiger partial charge in [0, 0.05) is 54.1 Å². The van der Waals surface area contributed by atoms with Gasteiger partial charge in [0.05, 0.1) is 6.67 Å². The number of hydrogen-bond donors (Lipinski definition) is 1. The lowest BCUT2D eigenvalue weighted by molar-refractivity contribution is 0.0668. The molecule has 3 nitrogen and oxygen atoms in total. The third-order valence-electron chi connectivity index (χ3n) is 6.76. The zero-order valence-electron chi connectivity index (χ0n) is 18.9. The van der Waals surface area contributed by atoms with E-state index in [1.165, 1.54) is 11.8 Å². The Balaban J connectivity index is 1.39. The lowest BCUT2D eigenvalue weighted by Crippen LogP contribution is -2.49. The van der Waals surface area contributed by atoms with E-state index in [1.54, 1.807) is 18.2 Å². The Kier molecular flexibility index (Phi) is 6.93. The highest BCUT2D eigenvalue weighted by Crippen LogP contribution is 2.50. The van der Waals surface area contributed by atoms with Crippen LogP contribution in [-0.4, -0.2) is 48.7 Å². The molecule has 2 heterocycles. The number of aromatic hydroxyl groups is 1. The first-order chi connectivity index (χ1) is 16.9. The molecule has 184 valence electrons. The highest BCUT2D eigenvalue weighted by atomic mass is 32.2. The molecule has 0 saturated carbocycles. The molecule has 0 bridgehead atoms. The molecule has 2 atom stereocenters. The summed E-state index contributed by atoms with van der Waals surface area (Å²) in [6, 6.07) is 14.1. The van der Waals surface area contributed by atoms with Crippen LogP contribution in [0.1, 0.15) is 28.5 Å². The average molecular weight is 504 g/mol. The van der Waals surface area contributed by atoms with Crippen LogP contribution in [0, 0.1) is 23.4 Å². The smallest absolute Gasteiger partial charge is 0.161 e. The van der Waals surface area contributed by atoms with Crippen LogP contribution < -0.4 is 4.74 Å². The van der Waals surface area contributed by atoms with Crippen molar-refractivity contribution in [2.45, 2.75) is 16.7 Å². The average Bonchev–Trinajstić information content (AvgIpc) is 2.82. The van der Waals surface area contributed by atoms with Crippen molar-refractivity contribution in [1.82, 2.24) is 4.90 Å². The second-order valence-electron chi connectivity index (χ2n) is 9.10. The number of fused-ring (bicyclic) bond motifs is 1. The number of thioether (sulfide) groups is 1. The number of rotatable bonds is 7. The number of hydrogen-bond acceptors (Lipinski definition) is 4. The number of nitrogens with zero attached hydrogens (tertiary/aromatic N) is 1. The topological polar surface area (TPSA) is 32.7 Å². The summed E-state index contributed by atoms with van der Waals surface area (Å²) in [5.74, 6) is -2.42. The van der Waals surface area contributed by atoms with E-state index in [-0.39, 0.29) is 29.8 Å². The van der Waals surface area contributed by atoms with E-state index in [4.69, 9.17) is 4.74 Å². The number of benzene rings is 3. The Morgan fingerprint density at radius 3 is 2.40 bits per heavy atom.